The van der Waals surface area contributed by atoms with Crippen LogP contribution in [0.5, 0.6) is 0 Å². The topological polar surface area (TPSA) is 79.3 Å². The van der Waals surface area contributed by atoms with E-state index in [1.165, 1.54) is 11.3 Å². The Hall–Kier alpha value is -1.43. The molecular formula is C13H20N2O3S. The van der Waals surface area contributed by atoms with Gasteiger partial charge >= 0.3 is 5.97 Å². The van der Waals surface area contributed by atoms with E-state index in [1.54, 1.807) is 12.4 Å². The van der Waals surface area contributed by atoms with Crippen LogP contribution in [0.1, 0.15) is 42.1 Å². The number of hydrogen-bond acceptors (Lipinski definition) is 4. The molecule has 1 amide bonds. The Kier molecular flexibility index (Phi) is 5.95. The Labute approximate surface area is 117 Å². The van der Waals surface area contributed by atoms with Gasteiger partial charge in [0.15, 0.2) is 0 Å². The molecular weight excluding hydrogens is 264 g/mol. The quantitative estimate of drug-likeness (QED) is 0.805. The molecule has 2 N–H and O–H groups in total. The maximum absolute atomic E-state index is 11.9. The van der Waals surface area contributed by atoms with Crippen LogP contribution >= 0.6 is 11.3 Å². The second kappa shape index (κ2) is 7.23. The smallest absolute Gasteiger partial charge is 0.303 e. The number of nitrogens with zero attached hydrogens (tertiary/aromatic N) is 1. The molecule has 0 unspecified atom stereocenters. The van der Waals surface area contributed by atoms with E-state index >= 15 is 0 Å². The molecule has 106 valence electrons. The summed E-state index contributed by atoms with van der Waals surface area (Å²) in [5.74, 6) is -0.617. The van der Waals surface area contributed by atoms with E-state index in [1.807, 2.05) is 13.8 Å². The number of carboxylic acid groups (broad SMARTS) is 1. The fourth-order valence-electron chi connectivity index (χ4n) is 1.99. The van der Waals surface area contributed by atoms with Crippen LogP contribution in [-0.4, -0.2) is 28.5 Å². The Morgan fingerprint density at radius 3 is 2.63 bits per heavy atom. The molecule has 0 aliphatic rings. The summed E-state index contributed by atoms with van der Waals surface area (Å²) >= 11 is 1.30. The van der Waals surface area contributed by atoms with Crippen molar-refractivity contribution in [1.29, 1.82) is 0 Å². The second-order valence-electron chi connectivity index (χ2n) is 5.07. The number of amides is 1. The molecule has 1 aromatic rings. The Bertz CT molecular complexity index is 443. The maximum Gasteiger partial charge on any atom is 0.303 e. The van der Waals surface area contributed by atoms with Crippen LogP contribution in [-0.2, 0) is 4.79 Å². The molecule has 0 bridgehead atoms. The molecule has 0 aromatic carbocycles. The molecule has 0 spiro atoms. The number of carboxylic acids is 1. The molecule has 19 heavy (non-hydrogen) atoms. The van der Waals surface area contributed by atoms with Crippen molar-refractivity contribution in [2.24, 2.45) is 11.8 Å². The molecule has 0 aliphatic carbocycles. The minimum absolute atomic E-state index is 0.0327. The molecule has 0 saturated heterocycles. The predicted molar refractivity (Wildman–Crippen MR) is 74.4 cm³/mol. The fourth-order valence-corrected chi connectivity index (χ4v) is 2.71. The van der Waals surface area contributed by atoms with Crippen molar-refractivity contribution in [3.63, 3.8) is 0 Å². The first-order chi connectivity index (χ1) is 8.90. The summed E-state index contributed by atoms with van der Waals surface area (Å²) in [7, 11) is 0. The van der Waals surface area contributed by atoms with Gasteiger partial charge in [-0.1, -0.05) is 13.8 Å². The maximum atomic E-state index is 11.9. The van der Waals surface area contributed by atoms with Crippen LogP contribution < -0.4 is 5.32 Å². The van der Waals surface area contributed by atoms with Gasteiger partial charge in [-0.2, -0.15) is 0 Å². The van der Waals surface area contributed by atoms with Crippen LogP contribution in [0.25, 0.3) is 0 Å². The Morgan fingerprint density at radius 2 is 2.16 bits per heavy atom. The third-order valence-corrected chi connectivity index (χ3v) is 3.70. The van der Waals surface area contributed by atoms with Crippen molar-refractivity contribution < 1.29 is 14.7 Å². The number of carbonyl (C=O) groups is 2. The summed E-state index contributed by atoms with van der Waals surface area (Å²) in [6.45, 7) is 6.27. The van der Waals surface area contributed by atoms with Gasteiger partial charge in [0, 0.05) is 13.0 Å². The molecule has 0 fully saturated rings. The van der Waals surface area contributed by atoms with Crippen molar-refractivity contribution in [2.75, 3.05) is 6.54 Å². The van der Waals surface area contributed by atoms with Crippen LogP contribution in [0.2, 0.25) is 0 Å². The van der Waals surface area contributed by atoms with E-state index in [9.17, 15) is 9.59 Å². The van der Waals surface area contributed by atoms with Crippen LogP contribution in [0.15, 0.2) is 5.51 Å². The third-order valence-electron chi connectivity index (χ3n) is 2.77. The van der Waals surface area contributed by atoms with Crippen molar-refractivity contribution in [1.82, 2.24) is 10.3 Å². The molecule has 0 radical (unpaired) electrons. The van der Waals surface area contributed by atoms with Crippen LogP contribution in [0.4, 0.5) is 0 Å². The molecule has 1 rings (SSSR count). The summed E-state index contributed by atoms with van der Waals surface area (Å²) in [4.78, 5) is 27.3. The summed E-state index contributed by atoms with van der Waals surface area (Å²) in [6.07, 6.45) is 0.869. The lowest BCUT2D eigenvalue weighted by Crippen LogP contribution is -2.31. The lowest BCUT2D eigenvalue weighted by molar-refractivity contribution is -0.138. The number of nitrogens with one attached hydrogen (secondary N) is 1. The Balaban J connectivity index is 2.53. The fraction of sp³-hybridized carbons (Fsp3) is 0.615. The van der Waals surface area contributed by atoms with Crippen molar-refractivity contribution in [2.45, 2.75) is 33.6 Å². The van der Waals surface area contributed by atoms with Gasteiger partial charge in [-0.25, -0.2) is 4.98 Å². The SMILES string of the molecule is Cc1ncsc1C(=O)NC[C@H](CC(=O)O)CC(C)C. The Morgan fingerprint density at radius 1 is 1.47 bits per heavy atom. The normalized spacial score (nSPS) is 12.4. The first-order valence-corrected chi connectivity index (χ1v) is 7.18. The first kappa shape index (κ1) is 15.6. The molecule has 6 heteroatoms. The van der Waals surface area contributed by atoms with Gasteiger partial charge in [-0.15, -0.1) is 11.3 Å². The zero-order chi connectivity index (χ0) is 14.4. The first-order valence-electron chi connectivity index (χ1n) is 6.30. The largest absolute Gasteiger partial charge is 0.481 e. The summed E-state index contributed by atoms with van der Waals surface area (Å²) < 4.78 is 0. The van der Waals surface area contributed by atoms with E-state index in [0.29, 0.717) is 23.0 Å². The van der Waals surface area contributed by atoms with Gasteiger partial charge in [0.2, 0.25) is 0 Å². The van der Waals surface area contributed by atoms with E-state index < -0.39 is 5.97 Å². The predicted octanol–water partition coefficient (Wildman–Crippen LogP) is 2.32. The molecule has 0 saturated carbocycles. The minimum atomic E-state index is -0.825. The standard InChI is InChI=1S/C13H20N2O3S/c1-8(2)4-10(5-11(16)17)6-14-13(18)12-9(3)15-7-19-12/h7-8,10H,4-6H2,1-3H3,(H,14,18)(H,16,17)/t10-/m0/s1. The van der Waals surface area contributed by atoms with Gasteiger partial charge in [0.05, 0.1) is 11.2 Å². The minimum Gasteiger partial charge on any atom is -0.481 e. The summed E-state index contributed by atoms with van der Waals surface area (Å²) in [5, 5.41) is 11.7. The van der Waals surface area contributed by atoms with Crippen molar-refractivity contribution in [3.05, 3.63) is 16.1 Å². The highest BCUT2D eigenvalue weighted by atomic mass is 32.1. The number of aryl methyl sites for hydroxylation is 1. The van der Waals surface area contributed by atoms with E-state index in [4.69, 9.17) is 5.11 Å². The second-order valence-corrected chi connectivity index (χ2v) is 5.93. The monoisotopic (exact) mass is 284 g/mol. The lowest BCUT2D eigenvalue weighted by Gasteiger charge is -2.17. The van der Waals surface area contributed by atoms with Gasteiger partial charge in [0.1, 0.15) is 4.88 Å². The van der Waals surface area contributed by atoms with Crippen LogP contribution in [0.3, 0.4) is 0 Å². The zero-order valence-electron chi connectivity index (χ0n) is 11.5. The zero-order valence-corrected chi connectivity index (χ0v) is 12.3. The number of hydrogen-bond donors (Lipinski definition) is 2. The average molecular weight is 284 g/mol. The van der Waals surface area contributed by atoms with Crippen molar-refractivity contribution in [3.8, 4) is 0 Å². The van der Waals surface area contributed by atoms with E-state index in [0.717, 1.165) is 6.42 Å². The molecule has 0 aliphatic heterocycles. The number of thiazole rings is 1. The average Bonchev–Trinajstić information content (AvgIpc) is 2.70. The number of aromatic nitrogens is 1. The van der Waals surface area contributed by atoms with Gasteiger partial charge < -0.3 is 10.4 Å². The van der Waals surface area contributed by atoms with E-state index in [2.05, 4.69) is 10.3 Å². The number of rotatable bonds is 7. The highest BCUT2D eigenvalue weighted by Crippen LogP contribution is 2.16. The molecule has 5 nitrogen and oxygen atoms in total. The van der Waals surface area contributed by atoms with Gasteiger partial charge in [-0.05, 0) is 25.2 Å². The van der Waals surface area contributed by atoms with Crippen LogP contribution in [0, 0.1) is 18.8 Å². The molecule has 1 atom stereocenters. The molecule has 1 aromatic heterocycles. The highest BCUT2D eigenvalue weighted by molar-refractivity contribution is 7.11. The lowest BCUT2D eigenvalue weighted by atomic mass is 9.94. The van der Waals surface area contributed by atoms with Gasteiger partial charge in [0.25, 0.3) is 5.91 Å². The highest BCUT2D eigenvalue weighted by Gasteiger charge is 2.18. The number of aliphatic carboxylic acids is 1. The third kappa shape index (κ3) is 5.38. The van der Waals surface area contributed by atoms with E-state index in [-0.39, 0.29) is 18.2 Å². The number of carbonyl (C=O) groups excluding carboxylic acids is 1. The van der Waals surface area contributed by atoms with Crippen molar-refractivity contribution >= 4 is 23.2 Å². The summed E-state index contributed by atoms with van der Waals surface area (Å²) in [5.41, 5.74) is 2.34. The molecule has 1 heterocycles. The summed E-state index contributed by atoms with van der Waals surface area (Å²) in [6, 6.07) is 0. The van der Waals surface area contributed by atoms with Gasteiger partial charge in [-0.3, -0.25) is 9.59 Å².